The van der Waals surface area contributed by atoms with Crippen molar-refractivity contribution in [3.05, 3.63) is 59.0 Å². The highest BCUT2D eigenvalue weighted by molar-refractivity contribution is 14.0. The Labute approximate surface area is 183 Å². The van der Waals surface area contributed by atoms with Gasteiger partial charge in [0.05, 0.1) is 0 Å². The number of aromatic nitrogens is 1. The average molecular weight is 497 g/mol. The first-order valence-corrected chi connectivity index (χ1v) is 9.45. The van der Waals surface area contributed by atoms with Crippen LogP contribution in [0.4, 0.5) is 10.2 Å². The zero-order valence-corrected chi connectivity index (χ0v) is 19.0. The van der Waals surface area contributed by atoms with Crippen molar-refractivity contribution in [1.82, 2.24) is 15.6 Å². The number of anilines is 1. The van der Waals surface area contributed by atoms with E-state index >= 15 is 0 Å². The van der Waals surface area contributed by atoms with Crippen LogP contribution in [0.5, 0.6) is 0 Å². The number of nitrogens with one attached hydrogen (secondary N) is 2. The third kappa shape index (κ3) is 6.05. The molecular weight excluding hydrogens is 468 g/mol. The molecule has 0 saturated carbocycles. The van der Waals surface area contributed by atoms with E-state index in [1.54, 1.807) is 19.3 Å². The lowest BCUT2D eigenvalue weighted by atomic mass is 10.1. The number of guanidine groups is 1. The zero-order valence-electron chi connectivity index (χ0n) is 16.7. The third-order valence-electron chi connectivity index (χ3n) is 4.78. The molecule has 5 nitrogen and oxygen atoms in total. The van der Waals surface area contributed by atoms with E-state index in [2.05, 4.69) is 52.7 Å². The van der Waals surface area contributed by atoms with Crippen molar-refractivity contribution in [2.75, 3.05) is 31.6 Å². The van der Waals surface area contributed by atoms with Crippen LogP contribution in [0.25, 0.3) is 0 Å². The number of pyridine rings is 1. The van der Waals surface area contributed by atoms with Crippen LogP contribution in [0.1, 0.15) is 23.1 Å². The molecule has 2 aromatic rings. The lowest BCUT2D eigenvalue weighted by molar-refractivity contribution is 0.612. The fraction of sp³-hybridized carbons (Fsp3) is 0.429. The van der Waals surface area contributed by atoms with E-state index in [0.717, 1.165) is 31.9 Å². The molecule has 2 heterocycles. The summed E-state index contributed by atoms with van der Waals surface area (Å²) in [6.45, 7) is 6.56. The van der Waals surface area contributed by atoms with E-state index in [1.165, 1.54) is 22.8 Å². The Balaban J connectivity index is 0.00000280. The van der Waals surface area contributed by atoms with Crippen molar-refractivity contribution >= 4 is 35.8 Å². The second-order valence-electron chi connectivity index (χ2n) is 7.13. The maximum Gasteiger partial charge on any atom is 0.191 e. The molecule has 1 aromatic heterocycles. The molecule has 0 spiro atoms. The van der Waals surface area contributed by atoms with Gasteiger partial charge < -0.3 is 15.5 Å². The SMILES string of the molecule is CN=C(NCCc1cc(C)cc(C)c1)NC1CCN(c2ncccc2F)C1.I. The minimum Gasteiger partial charge on any atom is -0.356 e. The number of aryl methyl sites for hydroxylation is 2. The van der Waals surface area contributed by atoms with E-state index in [9.17, 15) is 4.39 Å². The molecule has 1 aromatic carbocycles. The van der Waals surface area contributed by atoms with Crippen LogP contribution in [-0.2, 0) is 6.42 Å². The molecular formula is C21H29FIN5. The van der Waals surface area contributed by atoms with Gasteiger partial charge in [-0.05, 0) is 44.4 Å². The van der Waals surface area contributed by atoms with Gasteiger partial charge in [0.2, 0.25) is 0 Å². The van der Waals surface area contributed by atoms with Gasteiger partial charge in [-0.2, -0.15) is 0 Å². The fourth-order valence-electron chi connectivity index (χ4n) is 3.61. The highest BCUT2D eigenvalue weighted by Gasteiger charge is 2.25. The predicted molar refractivity (Wildman–Crippen MR) is 124 cm³/mol. The molecule has 0 amide bonds. The summed E-state index contributed by atoms with van der Waals surface area (Å²) in [7, 11) is 1.78. The Morgan fingerprint density at radius 3 is 2.71 bits per heavy atom. The number of rotatable bonds is 5. The van der Waals surface area contributed by atoms with Crippen LogP contribution in [0.2, 0.25) is 0 Å². The lowest BCUT2D eigenvalue weighted by Crippen LogP contribution is -2.45. The minimum absolute atomic E-state index is 0. The van der Waals surface area contributed by atoms with E-state index < -0.39 is 0 Å². The summed E-state index contributed by atoms with van der Waals surface area (Å²) in [5.74, 6) is 0.946. The molecule has 1 fully saturated rings. The summed E-state index contributed by atoms with van der Waals surface area (Å²) in [4.78, 5) is 10.5. The molecule has 2 N–H and O–H groups in total. The molecule has 1 unspecified atom stereocenters. The molecule has 28 heavy (non-hydrogen) atoms. The van der Waals surface area contributed by atoms with Gasteiger partial charge in [0.25, 0.3) is 0 Å². The molecule has 1 aliphatic heterocycles. The first kappa shape index (κ1) is 22.4. The summed E-state index contributed by atoms with van der Waals surface area (Å²) in [6.07, 6.45) is 3.50. The molecule has 7 heteroatoms. The quantitative estimate of drug-likeness (QED) is 0.378. The number of nitrogens with zero attached hydrogens (tertiary/aromatic N) is 3. The Morgan fingerprint density at radius 1 is 1.29 bits per heavy atom. The number of benzene rings is 1. The van der Waals surface area contributed by atoms with Crippen molar-refractivity contribution in [3.8, 4) is 0 Å². The van der Waals surface area contributed by atoms with Gasteiger partial charge in [0.1, 0.15) is 0 Å². The van der Waals surface area contributed by atoms with E-state index in [-0.39, 0.29) is 35.8 Å². The third-order valence-corrected chi connectivity index (χ3v) is 4.78. The first-order chi connectivity index (χ1) is 13.0. The Kier molecular flexibility index (Phi) is 8.47. The maximum atomic E-state index is 13.9. The van der Waals surface area contributed by atoms with E-state index in [1.807, 2.05) is 4.90 Å². The van der Waals surface area contributed by atoms with Gasteiger partial charge in [-0.15, -0.1) is 24.0 Å². The second kappa shape index (κ2) is 10.6. The summed E-state index contributed by atoms with van der Waals surface area (Å²) in [6, 6.07) is 9.93. The number of hydrogen-bond donors (Lipinski definition) is 2. The van der Waals surface area contributed by atoms with Gasteiger partial charge in [0, 0.05) is 38.9 Å². The average Bonchev–Trinajstić information content (AvgIpc) is 3.08. The van der Waals surface area contributed by atoms with Crippen LogP contribution in [0, 0.1) is 19.7 Å². The van der Waals surface area contributed by atoms with Crippen molar-refractivity contribution in [2.24, 2.45) is 4.99 Å². The van der Waals surface area contributed by atoms with Gasteiger partial charge in [0.15, 0.2) is 17.6 Å². The second-order valence-corrected chi connectivity index (χ2v) is 7.13. The Bertz CT molecular complexity index is 791. The Hall–Kier alpha value is -1.90. The van der Waals surface area contributed by atoms with Gasteiger partial charge in [-0.3, -0.25) is 4.99 Å². The summed E-state index contributed by atoms with van der Waals surface area (Å²) in [5, 5.41) is 6.82. The standard InChI is InChI=1S/C21H28FN5.HI/c1-15-11-16(2)13-17(12-15)6-9-25-21(23-3)26-18-7-10-27(14-18)20-19(22)5-4-8-24-20;/h4-5,8,11-13,18H,6-7,9-10,14H2,1-3H3,(H2,23,25,26);1H. The summed E-state index contributed by atoms with van der Waals surface area (Å²) >= 11 is 0. The molecule has 0 bridgehead atoms. The van der Waals surface area contributed by atoms with Gasteiger partial charge in [-0.1, -0.05) is 29.3 Å². The predicted octanol–water partition coefficient (Wildman–Crippen LogP) is 3.44. The molecule has 3 rings (SSSR count). The van der Waals surface area contributed by atoms with Gasteiger partial charge >= 0.3 is 0 Å². The molecule has 152 valence electrons. The van der Waals surface area contributed by atoms with E-state index in [0.29, 0.717) is 12.4 Å². The highest BCUT2D eigenvalue weighted by Crippen LogP contribution is 2.20. The van der Waals surface area contributed by atoms with E-state index in [4.69, 9.17) is 0 Å². The largest absolute Gasteiger partial charge is 0.356 e. The highest BCUT2D eigenvalue weighted by atomic mass is 127. The molecule has 0 aliphatic carbocycles. The minimum atomic E-state index is -0.269. The normalized spacial score (nSPS) is 16.6. The molecule has 1 aliphatic rings. The summed E-state index contributed by atoms with van der Waals surface area (Å²) in [5.41, 5.74) is 3.91. The molecule has 0 radical (unpaired) electrons. The monoisotopic (exact) mass is 497 g/mol. The summed E-state index contributed by atoms with van der Waals surface area (Å²) < 4.78 is 13.9. The van der Waals surface area contributed by atoms with Crippen molar-refractivity contribution in [2.45, 2.75) is 32.7 Å². The van der Waals surface area contributed by atoms with Crippen molar-refractivity contribution in [1.29, 1.82) is 0 Å². The zero-order chi connectivity index (χ0) is 19.2. The van der Waals surface area contributed by atoms with Crippen LogP contribution in [0.3, 0.4) is 0 Å². The fourth-order valence-corrected chi connectivity index (χ4v) is 3.61. The van der Waals surface area contributed by atoms with Crippen LogP contribution in [-0.4, -0.2) is 43.7 Å². The lowest BCUT2D eigenvalue weighted by Gasteiger charge is -2.20. The molecule has 1 saturated heterocycles. The first-order valence-electron chi connectivity index (χ1n) is 9.45. The van der Waals surface area contributed by atoms with Gasteiger partial charge in [-0.25, -0.2) is 9.37 Å². The number of halogens is 2. The number of hydrogen-bond acceptors (Lipinski definition) is 3. The number of aliphatic imine (C=N–C) groups is 1. The van der Waals surface area contributed by atoms with Crippen LogP contribution < -0.4 is 15.5 Å². The Morgan fingerprint density at radius 2 is 2.04 bits per heavy atom. The maximum absolute atomic E-state index is 13.9. The van der Waals surface area contributed by atoms with Crippen LogP contribution >= 0.6 is 24.0 Å². The smallest absolute Gasteiger partial charge is 0.191 e. The van der Waals surface area contributed by atoms with Crippen LogP contribution in [0.15, 0.2) is 41.5 Å². The topological polar surface area (TPSA) is 52.6 Å². The van der Waals surface area contributed by atoms with Crippen molar-refractivity contribution in [3.63, 3.8) is 0 Å². The van der Waals surface area contributed by atoms with Crippen molar-refractivity contribution < 1.29 is 4.39 Å². The molecule has 1 atom stereocenters.